The van der Waals surface area contributed by atoms with Gasteiger partial charge in [0.2, 0.25) is 0 Å². The van der Waals surface area contributed by atoms with Crippen LogP contribution in [0.15, 0.2) is 65.8 Å². The van der Waals surface area contributed by atoms with Crippen LogP contribution in [0.3, 0.4) is 0 Å². The van der Waals surface area contributed by atoms with Crippen molar-refractivity contribution in [1.29, 1.82) is 0 Å². The molecular formula is C25H21Cl2N3O5. The topological polar surface area (TPSA) is 106 Å². The summed E-state index contributed by atoms with van der Waals surface area (Å²) in [6, 6.07) is 16.2. The molecule has 0 aromatic heterocycles. The molecule has 0 spiro atoms. The molecule has 3 aromatic carbocycles. The average molecular weight is 514 g/mol. The molecule has 0 aliphatic heterocycles. The molecule has 180 valence electrons. The number of nitrogens with one attached hydrogen (secondary N) is 2. The minimum Gasteiger partial charge on any atom is -0.490 e. The summed E-state index contributed by atoms with van der Waals surface area (Å²) in [5.74, 6) is -2.02. The third-order valence-corrected chi connectivity index (χ3v) is 5.03. The summed E-state index contributed by atoms with van der Waals surface area (Å²) in [6.45, 7) is 3.95. The van der Waals surface area contributed by atoms with Crippen molar-refractivity contribution in [2.45, 2.75) is 13.8 Å². The number of aryl methyl sites for hydroxylation is 1. The van der Waals surface area contributed by atoms with Gasteiger partial charge >= 0.3 is 17.8 Å². The van der Waals surface area contributed by atoms with Crippen LogP contribution in [0.2, 0.25) is 10.0 Å². The van der Waals surface area contributed by atoms with E-state index in [0.717, 1.165) is 5.56 Å². The first kappa shape index (κ1) is 25.7. The molecule has 0 unspecified atom stereocenters. The van der Waals surface area contributed by atoms with Gasteiger partial charge in [0.1, 0.15) is 0 Å². The van der Waals surface area contributed by atoms with Crippen LogP contribution in [0.5, 0.6) is 11.5 Å². The van der Waals surface area contributed by atoms with Crippen molar-refractivity contribution in [1.82, 2.24) is 5.43 Å². The Labute approximate surface area is 211 Å². The van der Waals surface area contributed by atoms with Crippen LogP contribution in [0, 0.1) is 6.92 Å². The highest BCUT2D eigenvalue weighted by Crippen LogP contribution is 2.30. The minimum absolute atomic E-state index is 0.149. The van der Waals surface area contributed by atoms with Crippen LogP contribution in [-0.2, 0) is 9.59 Å². The first-order valence-corrected chi connectivity index (χ1v) is 11.2. The molecule has 0 radical (unpaired) electrons. The van der Waals surface area contributed by atoms with Gasteiger partial charge in [0.05, 0.1) is 23.4 Å². The van der Waals surface area contributed by atoms with Gasteiger partial charge in [-0.3, -0.25) is 9.59 Å². The van der Waals surface area contributed by atoms with Gasteiger partial charge in [-0.2, -0.15) is 5.10 Å². The number of hydrogen-bond donors (Lipinski definition) is 2. The van der Waals surface area contributed by atoms with Gasteiger partial charge in [0, 0.05) is 10.7 Å². The standard InChI is InChI=1S/C25H21Cl2N3O5/c1-3-34-22-12-16(7-10-21(22)35-25(33)19-9-8-17(26)13-20(19)27)14-28-30-24(32)23(31)29-18-6-4-5-15(2)11-18/h4-14H,3H2,1-2H3,(H,29,31)(H,30,32)/b28-14+. The average Bonchev–Trinajstić information content (AvgIpc) is 2.80. The number of ether oxygens (including phenoxy) is 2. The zero-order chi connectivity index (χ0) is 25.4. The van der Waals surface area contributed by atoms with Gasteiger partial charge in [0.25, 0.3) is 0 Å². The van der Waals surface area contributed by atoms with Crippen LogP contribution >= 0.6 is 23.2 Å². The Kier molecular flexibility index (Phi) is 8.83. The largest absolute Gasteiger partial charge is 0.490 e. The van der Waals surface area contributed by atoms with Gasteiger partial charge in [0.15, 0.2) is 11.5 Å². The number of carbonyl (C=O) groups excluding carboxylic acids is 3. The van der Waals surface area contributed by atoms with Crippen LogP contribution in [0.4, 0.5) is 5.69 Å². The first-order valence-electron chi connectivity index (χ1n) is 10.4. The highest BCUT2D eigenvalue weighted by Gasteiger charge is 2.17. The molecule has 3 rings (SSSR count). The maximum atomic E-state index is 12.5. The lowest BCUT2D eigenvalue weighted by Crippen LogP contribution is -2.32. The summed E-state index contributed by atoms with van der Waals surface area (Å²) in [7, 11) is 0. The summed E-state index contributed by atoms with van der Waals surface area (Å²) in [6.07, 6.45) is 1.32. The lowest BCUT2D eigenvalue weighted by molar-refractivity contribution is -0.136. The van der Waals surface area contributed by atoms with Crippen molar-refractivity contribution in [2.24, 2.45) is 5.10 Å². The Balaban J connectivity index is 1.65. The molecule has 0 fully saturated rings. The number of hydrazone groups is 1. The molecule has 2 amide bonds. The van der Waals surface area contributed by atoms with Crippen LogP contribution in [-0.4, -0.2) is 30.6 Å². The molecule has 3 aromatic rings. The Morgan fingerprint density at radius 2 is 1.77 bits per heavy atom. The fourth-order valence-corrected chi connectivity index (χ4v) is 3.38. The number of carbonyl (C=O) groups is 3. The number of esters is 1. The lowest BCUT2D eigenvalue weighted by Gasteiger charge is -2.12. The van der Waals surface area contributed by atoms with E-state index in [1.807, 2.05) is 13.0 Å². The maximum absolute atomic E-state index is 12.5. The predicted octanol–water partition coefficient (Wildman–Crippen LogP) is 5.01. The number of rotatable bonds is 7. The highest BCUT2D eigenvalue weighted by molar-refractivity contribution is 6.39. The van der Waals surface area contributed by atoms with Crippen molar-refractivity contribution in [3.8, 4) is 11.5 Å². The summed E-state index contributed by atoms with van der Waals surface area (Å²) >= 11 is 11.9. The van der Waals surface area contributed by atoms with E-state index in [0.29, 0.717) is 22.9 Å². The molecule has 35 heavy (non-hydrogen) atoms. The molecule has 0 atom stereocenters. The Morgan fingerprint density at radius 1 is 0.971 bits per heavy atom. The molecule has 0 bridgehead atoms. The fraction of sp³-hybridized carbons (Fsp3) is 0.120. The molecule has 10 heteroatoms. The zero-order valence-electron chi connectivity index (χ0n) is 18.8. The Morgan fingerprint density at radius 3 is 2.49 bits per heavy atom. The number of benzene rings is 3. The SMILES string of the molecule is CCOc1cc(/C=N/NC(=O)C(=O)Nc2cccc(C)c2)ccc1OC(=O)c1ccc(Cl)cc1Cl. The highest BCUT2D eigenvalue weighted by atomic mass is 35.5. The Bertz CT molecular complexity index is 1290. The number of anilines is 1. The summed E-state index contributed by atoms with van der Waals surface area (Å²) in [5, 5.41) is 6.85. The van der Waals surface area contributed by atoms with E-state index in [1.54, 1.807) is 37.3 Å². The zero-order valence-corrected chi connectivity index (χ0v) is 20.3. The molecule has 0 saturated carbocycles. The molecule has 0 saturated heterocycles. The van der Waals surface area contributed by atoms with Crippen molar-refractivity contribution in [2.75, 3.05) is 11.9 Å². The third kappa shape index (κ3) is 7.30. The van der Waals surface area contributed by atoms with Crippen molar-refractivity contribution >= 4 is 52.9 Å². The predicted molar refractivity (Wildman–Crippen MR) is 135 cm³/mol. The van der Waals surface area contributed by atoms with Gasteiger partial charge < -0.3 is 14.8 Å². The van der Waals surface area contributed by atoms with Crippen molar-refractivity contribution < 1.29 is 23.9 Å². The van der Waals surface area contributed by atoms with E-state index in [1.165, 1.54) is 30.5 Å². The van der Waals surface area contributed by atoms with E-state index < -0.39 is 17.8 Å². The number of amides is 2. The monoisotopic (exact) mass is 513 g/mol. The van der Waals surface area contributed by atoms with E-state index in [-0.39, 0.29) is 22.1 Å². The normalized spacial score (nSPS) is 10.6. The van der Waals surface area contributed by atoms with E-state index in [9.17, 15) is 14.4 Å². The quantitative estimate of drug-likeness (QED) is 0.152. The van der Waals surface area contributed by atoms with E-state index in [2.05, 4.69) is 15.8 Å². The van der Waals surface area contributed by atoms with E-state index in [4.69, 9.17) is 32.7 Å². The molecular weight excluding hydrogens is 493 g/mol. The fourth-order valence-electron chi connectivity index (χ4n) is 2.89. The van der Waals surface area contributed by atoms with Gasteiger partial charge in [-0.1, -0.05) is 35.3 Å². The number of halogens is 2. The molecule has 8 nitrogen and oxygen atoms in total. The molecule has 2 N–H and O–H groups in total. The van der Waals surface area contributed by atoms with Gasteiger partial charge in [-0.15, -0.1) is 0 Å². The van der Waals surface area contributed by atoms with Gasteiger partial charge in [-0.25, -0.2) is 10.2 Å². The van der Waals surface area contributed by atoms with Crippen molar-refractivity contribution in [3.05, 3.63) is 87.4 Å². The third-order valence-electron chi connectivity index (χ3n) is 4.48. The summed E-state index contributed by atoms with van der Waals surface area (Å²) in [4.78, 5) is 36.6. The van der Waals surface area contributed by atoms with Crippen LogP contribution < -0.4 is 20.2 Å². The molecule has 0 heterocycles. The van der Waals surface area contributed by atoms with Crippen LogP contribution in [0.25, 0.3) is 0 Å². The van der Waals surface area contributed by atoms with Gasteiger partial charge in [-0.05, 0) is 73.5 Å². The second-order valence-electron chi connectivity index (χ2n) is 7.18. The Hall–Kier alpha value is -3.88. The number of nitrogens with zero attached hydrogens (tertiary/aromatic N) is 1. The second-order valence-corrected chi connectivity index (χ2v) is 8.02. The second kappa shape index (κ2) is 12.0. The molecule has 0 aliphatic rings. The molecule has 0 aliphatic carbocycles. The van der Waals surface area contributed by atoms with E-state index >= 15 is 0 Å². The smallest absolute Gasteiger partial charge is 0.345 e. The van der Waals surface area contributed by atoms with Crippen LogP contribution in [0.1, 0.15) is 28.4 Å². The maximum Gasteiger partial charge on any atom is 0.345 e. The summed E-state index contributed by atoms with van der Waals surface area (Å²) < 4.78 is 11.0. The number of hydrogen-bond acceptors (Lipinski definition) is 6. The minimum atomic E-state index is -0.932. The lowest BCUT2D eigenvalue weighted by atomic mass is 10.2. The first-order chi connectivity index (χ1) is 16.8. The van der Waals surface area contributed by atoms with Crippen molar-refractivity contribution in [3.63, 3.8) is 0 Å². The summed E-state index contributed by atoms with van der Waals surface area (Å²) in [5.41, 5.74) is 4.28.